The zero-order valence-corrected chi connectivity index (χ0v) is 15.0. The molecule has 1 aliphatic heterocycles. The zero-order chi connectivity index (χ0) is 17.9. The van der Waals surface area contributed by atoms with Crippen molar-refractivity contribution < 1.29 is 24.2 Å². The molecule has 1 heterocycles. The van der Waals surface area contributed by atoms with Gasteiger partial charge in [-0.15, -0.1) is 0 Å². The van der Waals surface area contributed by atoms with Gasteiger partial charge in [0.25, 0.3) is 5.91 Å². The van der Waals surface area contributed by atoms with Crippen LogP contribution in [0.1, 0.15) is 19.4 Å². The quantitative estimate of drug-likeness (QED) is 0.557. The van der Waals surface area contributed by atoms with E-state index in [1.165, 1.54) is 7.11 Å². The molecular formula is C16H16NO5S2-. The average molecular weight is 366 g/mol. The number of amides is 1. The molecule has 0 saturated carbocycles. The first kappa shape index (κ1) is 18.3. The molecule has 128 valence electrons. The zero-order valence-electron chi connectivity index (χ0n) is 13.4. The van der Waals surface area contributed by atoms with Crippen molar-refractivity contribution in [3.05, 3.63) is 28.7 Å². The molecule has 0 bridgehead atoms. The Morgan fingerprint density at radius 1 is 1.42 bits per heavy atom. The molecule has 0 spiro atoms. The molecule has 1 amide bonds. The molecule has 6 nitrogen and oxygen atoms in total. The number of carboxylic acid groups (broad SMARTS) is 1. The fourth-order valence-electron chi connectivity index (χ4n) is 2.04. The molecule has 0 unspecified atom stereocenters. The molecule has 0 aromatic heterocycles. The number of carbonyl (C=O) groups excluding carboxylic acids is 2. The second-order valence-corrected chi connectivity index (χ2v) is 6.89. The second-order valence-electron chi connectivity index (χ2n) is 5.22. The van der Waals surface area contributed by atoms with Crippen LogP contribution in [-0.4, -0.2) is 40.9 Å². The van der Waals surface area contributed by atoms with Crippen molar-refractivity contribution in [2.45, 2.75) is 20.0 Å². The number of rotatable bonds is 6. The summed E-state index contributed by atoms with van der Waals surface area (Å²) in [6, 6.07) is 5.28. The predicted molar refractivity (Wildman–Crippen MR) is 93.6 cm³/mol. The van der Waals surface area contributed by atoms with E-state index < -0.39 is 18.4 Å². The molecule has 0 aliphatic carbocycles. The van der Waals surface area contributed by atoms with Crippen LogP contribution in [0.25, 0.3) is 6.08 Å². The number of benzene rings is 1. The van der Waals surface area contributed by atoms with Gasteiger partial charge in [-0.25, -0.2) is 0 Å². The lowest BCUT2D eigenvalue weighted by Crippen LogP contribution is -2.40. The molecule has 0 radical (unpaired) electrons. The maximum absolute atomic E-state index is 12.2. The van der Waals surface area contributed by atoms with Gasteiger partial charge >= 0.3 is 0 Å². The summed E-state index contributed by atoms with van der Waals surface area (Å²) in [4.78, 5) is 24.3. The maximum atomic E-state index is 12.2. The van der Waals surface area contributed by atoms with Crippen LogP contribution >= 0.6 is 24.0 Å². The van der Waals surface area contributed by atoms with Crippen molar-refractivity contribution in [2.75, 3.05) is 13.7 Å². The maximum Gasteiger partial charge on any atom is 0.266 e. The van der Waals surface area contributed by atoms with Crippen LogP contribution < -0.4 is 14.6 Å². The first-order valence-electron chi connectivity index (χ1n) is 7.11. The number of carbonyl (C=O) groups is 2. The summed E-state index contributed by atoms with van der Waals surface area (Å²) in [5, 5.41) is 10.7. The summed E-state index contributed by atoms with van der Waals surface area (Å²) in [7, 11) is 1.53. The number of aliphatic carboxylic acids is 1. The van der Waals surface area contributed by atoms with E-state index in [9.17, 15) is 14.7 Å². The Bertz CT molecular complexity index is 714. The minimum atomic E-state index is -1.36. The van der Waals surface area contributed by atoms with E-state index in [1.807, 2.05) is 13.8 Å². The van der Waals surface area contributed by atoms with E-state index in [0.29, 0.717) is 16.4 Å². The SMILES string of the molecule is COc1cc(C=C2SC(=S)N(CC(=O)[O-])C2=O)ccc1OC(C)C. The summed E-state index contributed by atoms with van der Waals surface area (Å²) >= 11 is 6.09. The summed E-state index contributed by atoms with van der Waals surface area (Å²) in [6.45, 7) is 3.28. The highest BCUT2D eigenvalue weighted by atomic mass is 32.2. The molecule has 8 heteroatoms. The van der Waals surface area contributed by atoms with Gasteiger partial charge in [-0.3, -0.25) is 9.69 Å². The number of hydrogen-bond acceptors (Lipinski definition) is 7. The average Bonchev–Trinajstić information content (AvgIpc) is 2.75. The standard InChI is InChI=1S/C16H17NO5S2/c1-9(2)22-11-5-4-10(6-12(11)21-3)7-13-15(20)17(8-14(18)19)16(23)24-13/h4-7,9H,8H2,1-3H3,(H,18,19)/p-1. The Morgan fingerprint density at radius 3 is 2.71 bits per heavy atom. The minimum absolute atomic E-state index is 0.00521. The van der Waals surface area contributed by atoms with Crippen molar-refractivity contribution in [3.8, 4) is 11.5 Å². The number of hydrogen-bond donors (Lipinski definition) is 0. The van der Waals surface area contributed by atoms with Gasteiger partial charge < -0.3 is 19.4 Å². The molecule has 1 aromatic carbocycles. The Kier molecular flexibility index (Phi) is 5.84. The number of thioether (sulfide) groups is 1. The minimum Gasteiger partial charge on any atom is -0.548 e. The summed E-state index contributed by atoms with van der Waals surface area (Å²) < 4.78 is 11.1. The van der Waals surface area contributed by atoms with E-state index in [1.54, 1.807) is 24.3 Å². The smallest absolute Gasteiger partial charge is 0.266 e. The molecule has 0 N–H and O–H groups in total. The molecule has 0 atom stereocenters. The van der Waals surface area contributed by atoms with Crippen molar-refractivity contribution in [3.63, 3.8) is 0 Å². The number of nitrogens with zero attached hydrogens (tertiary/aromatic N) is 1. The van der Waals surface area contributed by atoms with E-state index in [-0.39, 0.29) is 10.4 Å². The Hall–Kier alpha value is -2.06. The van der Waals surface area contributed by atoms with Crippen molar-refractivity contribution >= 4 is 46.3 Å². The summed E-state index contributed by atoms with van der Waals surface area (Å²) in [6.07, 6.45) is 1.64. The van der Waals surface area contributed by atoms with E-state index in [0.717, 1.165) is 22.2 Å². The van der Waals surface area contributed by atoms with Gasteiger partial charge in [0, 0.05) is 0 Å². The second kappa shape index (κ2) is 7.67. The van der Waals surface area contributed by atoms with Gasteiger partial charge in [0.1, 0.15) is 4.32 Å². The first-order valence-corrected chi connectivity index (χ1v) is 8.34. The largest absolute Gasteiger partial charge is 0.548 e. The van der Waals surface area contributed by atoms with Gasteiger partial charge in [-0.05, 0) is 37.6 Å². The highest BCUT2D eigenvalue weighted by molar-refractivity contribution is 8.26. The van der Waals surface area contributed by atoms with Crippen molar-refractivity contribution in [1.29, 1.82) is 0 Å². The lowest BCUT2D eigenvalue weighted by molar-refractivity contribution is -0.305. The lowest BCUT2D eigenvalue weighted by Gasteiger charge is -2.14. The molecule has 1 aliphatic rings. The van der Waals surface area contributed by atoms with Gasteiger partial charge in [0.15, 0.2) is 11.5 Å². The topological polar surface area (TPSA) is 78.9 Å². The number of thiocarbonyl (C=S) groups is 1. The normalized spacial score (nSPS) is 16.2. The van der Waals surface area contributed by atoms with Crippen LogP contribution in [0.15, 0.2) is 23.1 Å². The summed E-state index contributed by atoms with van der Waals surface area (Å²) in [5.74, 6) is -0.656. The van der Waals surface area contributed by atoms with Crippen LogP contribution in [0.2, 0.25) is 0 Å². The summed E-state index contributed by atoms with van der Waals surface area (Å²) in [5.41, 5.74) is 0.719. The van der Waals surface area contributed by atoms with Gasteiger partial charge in [-0.1, -0.05) is 30.0 Å². The monoisotopic (exact) mass is 366 g/mol. The number of methoxy groups -OCH3 is 1. The fourth-order valence-corrected chi connectivity index (χ4v) is 3.30. The third kappa shape index (κ3) is 4.27. The van der Waals surface area contributed by atoms with Gasteiger partial charge in [0.2, 0.25) is 0 Å². The van der Waals surface area contributed by atoms with Gasteiger partial charge in [-0.2, -0.15) is 0 Å². The number of ether oxygens (including phenoxy) is 2. The highest BCUT2D eigenvalue weighted by Crippen LogP contribution is 2.34. The van der Waals surface area contributed by atoms with Crippen LogP contribution in [0, 0.1) is 0 Å². The lowest BCUT2D eigenvalue weighted by atomic mass is 10.2. The van der Waals surface area contributed by atoms with Crippen LogP contribution in [0.4, 0.5) is 0 Å². The Labute approximate surface area is 149 Å². The Balaban J connectivity index is 2.26. The third-order valence-corrected chi connectivity index (χ3v) is 4.39. The highest BCUT2D eigenvalue weighted by Gasteiger charge is 2.31. The van der Waals surface area contributed by atoms with Gasteiger partial charge in [0.05, 0.1) is 30.6 Å². The van der Waals surface area contributed by atoms with E-state index >= 15 is 0 Å². The predicted octanol–water partition coefficient (Wildman–Crippen LogP) is 1.43. The molecule has 1 aromatic rings. The van der Waals surface area contributed by atoms with Crippen molar-refractivity contribution in [1.82, 2.24) is 4.90 Å². The third-order valence-electron chi connectivity index (χ3n) is 3.01. The molecule has 2 rings (SSSR count). The van der Waals surface area contributed by atoms with Crippen LogP contribution in [0.3, 0.4) is 0 Å². The first-order chi connectivity index (χ1) is 11.3. The molecule has 1 saturated heterocycles. The van der Waals surface area contributed by atoms with Crippen LogP contribution in [0.5, 0.6) is 11.5 Å². The fraction of sp³-hybridized carbons (Fsp3) is 0.312. The molecule has 1 fully saturated rings. The van der Waals surface area contributed by atoms with E-state index in [4.69, 9.17) is 21.7 Å². The Morgan fingerprint density at radius 2 is 2.12 bits per heavy atom. The van der Waals surface area contributed by atoms with E-state index in [2.05, 4.69) is 0 Å². The molecule has 24 heavy (non-hydrogen) atoms. The number of carboxylic acids is 1. The molecular weight excluding hydrogens is 350 g/mol. The van der Waals surface area contributed by atoms with Crippen molar-refractivity contribution in [2.24, 2.45) is 0 Å². The van der Waals surface area contributed by atoms with Crippen LogP contribution in [-0.2, 0) is 9.59 Å².